The van der Waals surface area contributed by atoms with Crippen molar-refractivity contribution in [3.63, 3.8) is 0 Å². The molecule has 0 spiro atoms. The number of hydrogen-bond acceptors (Lipinski definition) is 2. The average molecular weight is 242 g/mol. The van der Waals surface area contributed by atoms with Gasteiger partial charge in [0.15, 0.2) is 0 Å². The van der Waals surface area contributed by atoms with Crippen LogP contribution in [-0.4, -0.2) is 14.8 Å². The lowest BCUT2D eigenvalue weighted by atomic mass is 9.82. The molecule has 1 aliphatic rings. The molecule has 1 aromatic rings. The van der Waals surface area contributed by atoms with Crippen molar-refractivity contribution in [3.05, 3.63) is 11.1 Å². The zero-order chi connectivity index (χ0) is 11.5. The Labute approximate surface area is 102 Å². The van der Waals surface area contributed by atoms with Gasteiger partial charge in [0.25, 0.3) is 0 Å². The topological polar surface area (TPSA) is 30.7 Å². The van der Waals surface area contributed by atoms with Crippen LogP contribution in [0.5, 0.6) is 0 Å². The van der Waals surface area contributed by atoms with Gasteiger partial charge in [0.1, 0.15) is 5.82 Å². The molecule has 0 saturated heterocycles. The van der Waals surface area contributed by atoms with Crippen LogP contribution in [0.15, 0.2) is 0 Å². The van der Waals surface area contributed by atoms with Crippen LogP contribution < -0.4 is 0 Å². The molecular formula is C12H20ClN3. The summed E-state index contributed by atoms with van der Waals surface area (Å²) in [7, 11) is 0. The first-order valence-electron chi connectivity index (χ1n) is 6.37. The van der Waals surface area contributed by atoms with Gasteiger partial charge in [-0.3, -0.25) is 4.57 Å². The molecule has 1 fully saturated rings. The first kappa shape index (κ1) is 11.9. The van der Waals surface area contributed by atoms with Gasteiger partial charge in [-0.15, -0.1) is 10.2 Å². The molecule has 2 atom stereocenters. The monoisotopic (exact) mass is 241 g/mol. The molecule has 0 aliphatic heterocycles. The first-order valence-corrected chi connectivity index (χ1v) is 6.75. The van der Waals surface area contributed by atoms with Crippen molar-refractivity contribution in [1.82, 2.24) is 14.8 Å². The van der Waals surface area contributed by atoms with Gasteiger partial charge in [-0.25, -0.2) is 0 Å². The Morgan fingerprint density at radius 1 is 1.25 bits per heavy atom. The van der Waals surface area contributed by atoms with Crippen LogP contribution in [0.2, 0.25) is 5.28 Å². The largest absolute Gasteiger partial charge is 0.298 e. The number of nitrogens with zero attached hydrogens (tertiary/aromatic N) is 3. The fourth-order valence-corrected chi connectivity index (χ4v) is 3.14. The van der Waals surface area contributed by atoms with Gasteiger partial charge >= 0.3 is 0 Å². The lowest BCUT2D eigenvalue weighted by Gasteiger charge is -2.32. The summed E-state index contributed by atoms with van der Waals surface area (Å²) in [6.07, 6.45) is 7.34. The molecule has 1 heterocycles. The van der Waals surface area contributed by atoms with E-state index in [9.17, 15) is 0 Å². The smallest absolute Gasteiger partial charge is 0.225 e. The minimum Gasteiger partial charge on any atom is -0.298 e. The van der Waals surface area contributed by atoms with Crippen molar-refractivity contribution in [3.8, 4) is 0 Å². The summed E-state index contributed by atoms with van der Waals surface area (Å²) < 4.78 is 2.18. The normalized spacial score (nSPS) is 25.9. The van der Waals surface area contributed by atoms with E-state index in [1.807, 2.05) is 0 Å². The molecule has 3 nitrogen and oxygen atoms in total. The van der Waals surface area contributed by atoms with Gasteiger partial charge in [-0.2, -0.15) is 0 Å². The van der Waals surface area contributed by atoms with Crippen LogP contribution in [-0.2, 0) is 6.42 Å². The van der Waals surface area contributed by atoms with Gasteiger partial charge in [0, 0.05) is 12.5 Å². The van der Waals surface area contributed by atoms with Crippen LogP contribution in [0.25, 0.3) is 0 Å². The van der Waals surface area contributed by atoms with Gasteiger partial charge in [0.2, 0.25) is 5.28 Å². The van der Waals surface area contributed by atoms with E-state index in [1.165, 1.54) is 32.1 Å². The number of aryl methyl sites for hydroxylation is 1. The molecule has 0 aromatic carbocycles. The molecule has 90 valence electrons. The molecule has 16 heavy (non-hydrogen) atoms. The molecule has 4 heteroatoms. The third-order valence-corrected chi connectivity index (χ3v) is 4.02. The highest BCUT2D eigenvalue weighted by atomic mass is 35.5. The van der Waals surface area contributed by atoms with Gasteiger partial charge < -0.3 is 0 Å². The standard InChI is InChI=1S/C12H20ClN3/c1-3-9-7-5-6-8-10(9)16-11(4-2)14-15-12(16)13/h9-10H,3-8H2,1-2H3. The highest BCUT2D eigenvalue weighted by Gasteiger charge is 2.28. The van der Waals surface area contributed by atoms with E-state index in [0.29, 0.717) is 11.3 Å². The van der Waals surface area contributed by atoms with E-state index in [-0.39, 0.29) is 0 Å². The van der Waals surface area contributed by atoms with E-state index in [1.54, 1.807) is 0 Å². The number of rotatable bonds is 3. The molecule has 1 saturated carbocycles. The van der Waals surface area contributed by atoms with E-state index in [0.717, 1.165) is 18.2 Å². The van der Waals surface area contributed by atoms with Crippen LogP contribution in [0, 0.1) is 5.92 Å². The Balaban J connectivity index is 2.29. The summed E-state index contributed by atoms with van der Waals surface area (Å²) in [6.45, 7) is 4.38. The number of hydrogen-bond donors (Lipinski definition) is 0. The predicted octanol–water partition coefficient (Wildman–Crippen LogP) is 3.64. The van der Waals surface area contributed by atoms with E-state index in [2.05, 4.69) is 28.6 Å². The predicted molar refractivity (Wildman–Crippen MR) is 65.7 cm³/mol. The van der Waals surface area contributed by atoms with E-state index in [4.69, 9.17) is 11.6 Å². The van der Waals surface area contributed by atoms with Crippen LogP contribution in [0.3, 0.4) is 0 Å². The van der Waals surface area contributed by atoms with Crippen LogP contribution in [0.4, 0.5) is 0 Å². The Hall–Kier alpha value is -0.570. The van der Waals surface area contributed by atoms with Crippen molar-refractivity contribution in [2.75, 3.05) is 0 Å². The van der Waals surface area contributed by atoms with Crippen molar-refractivity contribution >= 4 is 11.6 Å². The fraction of sp³-hybridized carbons (Fsp3) is 0.833. The summed E-state index contributed by atoms with van der Waals surface area (Å²) in [5.74, 6) is 1.78. The number of halogens is 1. The quantitative estimate of drug-likeness (QED) is 0.809. The molecule has 0 N–H and O–H groups in total. The van der Waals surface area contributed by atoms with Gasteiger partial charge in [-0.1, -0.05) is 33.1 Å². The molecular weight excluding hydrogens is 222 g/mol. The minimum absolute atomic E-state index is 0.524. The maximum Gasteiger partial charge on any atom is 0.225 e. The zero-order valence-electron chi connectivity index (χ0n) is 10.1. The highest BCUT2D eigenvalue weighted by Crippen LogP contribution is 2.37. The second-order valence-corrected chi connectivity index (χ2v) is 4.97. The Bertz CT molecular complexity index is 348. The zero-order valence-corrected chi connectivity index (χ0v) is 10.9. The fourth-order valence-electron chi connectivity index (χ4n) is 2.88. The van der Waals surface area contributed by atoms with Crippen molar-refractivity contribution < 1.29 is 0 Å². The summed E-state index contributed by atoms with van der Waals surface area (Å²) in [5.41, 5.74) is 0. The molecule has 1 aliphatic carbocycles. The van der Waals surface area contributed by atoms with E-state index < -0.39 is 0 Å². The maximum absolute atomic E-state index is 6.17. The van der Waals surface area contributed by atoms with E-state index >= 15 is 0 Å². The Morgan fingerprint density at radius 3 is 2.69 bits per heavy atom. The Morgan fingerprint density at radius 2 is 2.00 bits per heavy atom. The molecule has 2 rings (SSSR count). The third kappa shape index (κ3) is 2.10. The summed E-state index contributed by atoms with van der Waals surface area (Å²) in [4.78, 5) is 0. The first-order chi connectivity index (χ1) is 7.77. The average Bonchev–Trinajstić information content (AvgIpc) is 2.70. The van der Waals surface area contributed by atoms with Gasteiger partial charge in [0.05, 0.1) is 0 Å². The minimum atomic E-state index is 0.524. The second kappa shape index (κ2) is 5.17. The number of aromatic nitrogens is 3. The summed E-state index contributed by atoms with van der Waals surface area (Å²) >= 11 is 6.17. The molecule has 0 bridgehead atoms. The lowest BCUT2D eigenvalue weighted by Crippen LogP contribution is -2.24. The van der Waals surface area contributed by atoms with Crippen LogP contribution in [0.1, 0.15) is 57.8 Å². The molecule has 0 radical (unpaired) electrons. The summed E-state index contributed by atoms with van der Waals surface area (Å²) in [6, 6.07) is 0.524. The molecule has 2 unspecified atom stereocenters. The third-order valence-electron chi connectivity index (χ3n) is 3.77. The SMILES string of the molecule is CCc1nnc(Cl)n1C1CCCCC1CC. The van der Waals surface area contributed by atoms with Crippen molar-refractivity contribution in [2.24, 2.45) is 5.92 Å². The highest BCUT2D eigenvalue weighted by molar-refractivity contribution is 6.28. The van der Waals surface area contributed by atoms with Crippen molar-refractivity contribution in [2.45, 2.75) is 58.4 Å². The lowest BCUT2D eigenvalue weighted by molar-refractivity contribution is 0.228. The maximum atomic E-state index is 6.17. The molecule has 1 aromatic heterocycles. The van der Waals surface area contributed by atoms with Gasteiger partial charge in [-0.05, 0) is 30.4 Å². The summed E-state index contributed by atoms with van der Waals surface area (Å²) in [5, 5.41) is 8.74. The molecule has 0 amide bonds. The Kier molecular flexibility index (Phi) is 3.85. The van der Waals surface area contributed by atoms with Crippen molar-refractivity contribution in [1.29, 1.82) is 0 Å². The van der Waals surface area contributed by atoms with Crippen LogP contribution >= 0.6 is 11.6 Å². The second-order valence-electron chi connectivity index (χ2n) is 4.63.